The maximum absolute atomic E-state index is 6.21. The van der Waals surface area contributed by atoms with Gasteiger partial charge in [-0.2, -0.15) is 0 Å². The second kappa shape index (κ2) is 6.22. The molecule has 1 heterocycles. The first-order valence-corrected chi connectivity index (χ1v) is 6.90. The van der Waals surface area contributed by atoms with Gasteiger partial charge in [-0.25, -0.2) is 9.97 Å². The number of benzene rings is 1. The zero-order chi connectivity index (χ0) is 13.8. The minimum atomic E-state index is 0.489. The molecule has 0 spiro atoms. The summed E-state index contributed by atoms with van der Waals surface area (Å²) in [5.41, 5.74) is 2.85. The molecule has 2 aromatic rings. The van der Waals surface area contributed by atoms with Crippen molar-refractivity contribution < 1.29 is 0 Å². The van der Waals surface area contributed by atoms with Gasteiger partial charge in [-0.3, -0.25) is 0 Å². The Kier molecular flexibility index (Phi) is 4.61. The highest BCUT2D eigenvalue weighted by molar-refractivity contribution is 6.33. The molecule has 0 bridgehead atoms. The average Bonchev–Trinajstić information content (AvgIpc) is 2.37. The lowest BCUT2D eigenvalue weighted by Crippen LogP contribution is -2.02. The molecule has 0 radical (unpaired) electrons. The minimum absolute atomic E-state index is 0.489. The molecule has 5 heteroatoms. The largest absolute Gasteiger partial charge is 0.339 e. The molecule has 19 heavy (non-hydrogen) atoms. The number of rotatable bonds is 4. The molecule has 100 valence electrons. The number of anilines is 2. The number of hydrogen-bond donors (Lipinski definition) is 1. The van der Waals surface area contributed by atoms with E-state index in [0.717, 1.165) is 29.7 Å². The molecule has 1 N–H and O–H groups in total. The van der Waals surface area contributed by atoms with E-state index in [4.69, 9.17) is 23.2 Å². The van der Waals surface area contributed by atoms with Crippen LogP contribution in [-0.4, -0.2) is 9.97 Å². The molecule has 0 saturated heterocycles. The normalized spacial score (nSPS) is 10.5. The topological polar surface area (TPSA) is 37.8 Å². The first-order valence-electron chi connectivity index (χ1n) is 6.14. The number of nitrogens with one attached hydrogen (secondary N) is 1. The summed E-state index contributed by atoms with van der Waals surface area (Å²) in [6.45, 7) is 4.09. The molecule has 1 aromatic carbocycles. The minimum Gasteiger partial charge on any atom is -0.339 e. The fourth-order valence-corrected chi connectivity index (χ4v) is 2.33. The van der Waals surface area contributed by atoms with Gasteiger partial charge in [0.2, 0.25) is 0 Å². The van der Waals surface area contributed by atoms with Crippen LogP contribution in [0.25, 0.3) is 0 Å². The van der Waals surface area contributed by atoms with E-state index in [-0.39, 0.29) is 0 Å². The number of aryl methyl sites for hydroxylation is 1. The van der Waals surface area contributed by atoms with Gasteiger partial charge in [-0.1, -0.05) is 42.6 Å². The van der Waals surface area contributed by atoms with E-state index in [9.17, 15) is 0 Å². The summed E-state index contributed by atoms with van der Waals surface area (Å²) in [6.07, 6.45) is 3.25. The predicted molar refractivity (Wildman–Crippen MR) is 80.5 cm³/mol. The maximum Gasteiger partial charge on any atom is 0.138 e. The zero-order valence-electron chi connectivity index (χ0n) is 10.9. The van der Waals surface area contributed by atoms with Crippen molar-refractivity contribution >= 4 is 34.7 Å². The fourth-order valence-electron chi connectivity index (χ4n) is 1.82. The monoisotopic (exact) mass is 295 g/mol. The zero-order valence-corrected chi connectivity index (χ0v) is 12.4. The van der Waals surface area contributed by atoms with Crippen molar-refractivity contribution in [1.82, 2.24) is 9.97 Å². The SMILES string of the molecule is CCCc1c(Cl)ncnc1Nc1ccc(C)cc1Cl. The van der Waals surface area contributed by atoms with Gasteiger partial charge in [-0.05, 0) is 31.0 Å². The van der Waals surface area contributed by atoms with E-state index in [0.29, 0.717) is 16.0 Å². The Bertz CT molecular complexity index is 585. The van der Waals surface area contributed by atoms with E-state index >= 15 is 0 Å². The number of halogens is 2. The molecule has 0 aliphatic rings. The lowest BCUT2D eigenvalue weighted by Gasteiger charge is -2.12. The molecule has 0 aliphatic carbocycles. The van der Waals surface area contributed by atoms with Crippen LogP contribution in [0.1, 0.15) is 24.5 Å². The van der Waals surface area contributed by atoms with Crippen molar-refractivity contribution in [3.05, 3.63) is 45.8 Å². The molecule has 3 nitrogen and oxygen atoms in total. The van der Waals surface area contributed by atoms with Gasteiger partial charge in [0.05, 0.1) is 10.7 Å². The third-order valence-corrected chi connectivity index (χ3v) is 3.41. The summed E-state index contributed by atoms with van der Waals surface area (Å²) in [6, 6.07) is 5.84. The molecule has 1 aromatic heterocycles. The van der Waals surface area contributed by atoms with E-state index < -0.39 is 0 Å². The van der Waals surface area contributed by atoms with Crippen molar-refractivity contribution in [3.63, 3.8) is 0 Å². The molecular weight excluding hydrogens is 281 g/mol. The lowest BCUT2D eigenvalue weighted by atomic mass is 10.1. The Morgan fingerprint density at radius 1 is 1.21 bits per heavy atom. The summed E-state index contributed by atoms with van der Waals surface area (Å²) in [5.74, 6) is 0.715. The highest BCUT2D eigenvalue weighted by atomic mass is 35.5. The second-order valence-corrected chi connectivity index (χ2v) is 5.12. The summed E-state index contributed by atoms with van der Waals surface area (Å²) in [5, 5.41) is 4.38. The van der Waals surface area contributed by atoms with Gasteiger partial charge in [0.1, 0.15) is 17.3 Å². The van der Waals surface area contributed by atoms with Gasteiger partial charge in [0.25, 0.3) is 0 Å². The first kappa shape index (κ1) is 14.1. The molecule has 2 rings (SSSR count). The molecular formula is C14H15Cl2N3. The quantitative estimate of drug-likeness (QED) is 0.824. The molecule has 0 saturated carbocycles. The summed E-state index contributed by atoms with van der Waals surface area (Å²) in [4.78, 5) is 8.27. The smallest absolute Gasteiger partial charge is 0.138 e. The Balaban J connectivity index is 2.35. The van der Waals surface area contributed by atoms with Crippen LogP contribution in [0.3, 0.4) is 0 Å². The number of aromatic nitrogens is 2. The highest BCUT2D eigenvalue weighted by Crippen LogP contribution is 2.29. The van der Waals surface area contributed by atoms with Crippen LogP contribution < -0.4 is 5.32 Å². The Morgan fingerprint density at radius 2 is 2.00 bits per heavy atom. The predicted octanol–water partition coefficient (Wildman–Crippen LogP) is 4.79. The Labute approximate surface area is 123 Å². The van der Waals surface area contributed by atoms with E-state index in [2.05, 4.69) is 22.2 Å². The van der Waals surface area contributed by atoms with Crippen LogP contribution in [0.2, 0.25) is 10.2 Å². The summed E-state index contributed by atoms with van der Waals surface area (Å²) < 4.78 is 0. The van der Waals surface area contributed by atoms with Gasteiger partial charge in [0, 0.05) is 5.56 Å². The molecule has 0 fully saturated rings. The third kappa shape index (κ3) is 3.37. The Hall–Kier alpha value is -1.32. The molecule has 0 amide bonds. The van der Waals surface area contributed by atoms with E-state index in [1.54, 1.807) is 0 Å². The standard InChI is InChI=1S/C14H15Cl2N3/c1-3-4-10-13(16)17-8-18-14(10)19-12-6-5-9(2)7-11(12)15/h5-8H,3-4H2,1-2H3,(H,17,18,19). The van der Waals surface area contributed by atoms with Crippen LogP contribution in [0.5, 0.6) is 0 Å². The van der Waals surface area contributed by atoms with Crippen molar-refractivity contribution in [2.75, 3.05) is 5.32 Å². The van der Waals surface area contributed by atoms with Crippen LogP contribution >= 0.6 is 23.2 Å². The van der Waals surface area contributed by atoms with Crippen molar-refractivity contribution in [3.8, 4) is 0 Å². The lowest BCUT2D eigenvalue weighted by molar-refractivity contribution is 0.904. The maximum atomic E-state index is 6.21. The number of nitrogens with zero attached hydrogens (tertiary/aromatic N) is 2. The fraction of sp³-hybridized carbons (Fsp3) is 0.286. The highest BCUT2D eigenvalue weighted by Gasteiger charge is 2.10. The second-order valence-electron chi connectivity index (χ2n) is 4.35. The first-order chi connectivity index (χ1) is 9.11. The van der Waals surface area contributed by atoms with Crippen molar-refractivity contribution in [2.24, 2.45) is 0 Å². The van der Waals surface area contributed by atoms with Crippen molar-refractivity contribution in [1.29, 1.82) is 0 Å². The summed E-state index contributed by atoms with van der Waals surface area (Å²) >= 11 is 12.3. The molecule has 0 atom stereocenters. The molecule has 0 unspecified atom stereocenters. The van der Waals surface area contributed by atoms with Gasteiger partial charge in [0.15, 0.2) is 0 Å². The number of hydrogen-bond acceptors (Lipinski definition) is 3. The van der Waals surface area contributed by atoms with Crippen LogP contribution in [-0.2, 0) is 6.42 Å². The van der Waals surface area contributed by atoms with Crippen LogP contribution in [0, 0.1) is 6.92 Å². The Morgan fingerprint density at radius 3 is 2.68 bits per heavy atom. The third-order valence-electron chi connectivity index (χ3n) is 2.77. The van der Waals surface area contributed by atoms with Gasteiger partial charge in [-0.15, -0.1) is 0 Å². The molecule has 0 aliphatic heterocycles. The van der Waals surface area contributed by atoms with E-state index in [1.807, 2.05) is 25.1 Å². The van der Waals surface area contributed by atoms with Crippen molar-refractivity contribution in [2.45, 2.75) is 26.7 Å². The van der Waals surface area contributed by atoms with Crippen LogP contribution in [0.15, 0.2) is 24.5 Å². The van der Waals surface area contributed by atoms with Gasteiger partial charge < -0.3 is 5.32 Å². The van der Waals surface area contributed by atoms with Gasteiger partial charge >= 0.3 is 0 Å². The summed E-state index contributed by atoms with van der Waals surface area (Å²) in [7, 11) is 0. The van der Waals surface area contributed by atoms with Crippen LogP contribution in [0.4, 0.5) is 11.5 Å². The average molecular weight is 296 g/mol. The van der Waals surface area contributed by atoms with E-state index in [1.165, 1.54) is 6.33 Å².